The lowest BCUT2D eigenvalue weighted by atomic mass is 10.00. The molecule has 0 radical (unpaired) electrons. The van der Waals surface area contributed by atoms with Crippen LogP contribution in [0.3, 0.4) is 0 Å². The van der Waals surface area contributed by atoms with Crippen LogP contribution in [0.1, 0.15) is 35.3 Å². The van der Waals surface area contributed by atoms with Crippen molar-refractivity contribution in [1.82, 2.24) is 4.57 Å². The van der Waals surface area contributed by atoms with Gasteiger partial charge in [-0.15, -0.1) is 13.2 Å². The van der Waals surface area contributed by atoms with Crippen molar-refractivity contribution in [2.45, 2.75) is 39.2 Å². The highest BCUT2D eigenvalue weighted by Gasteiger charge is 2.31. The van der Waals surface area contributed by atoms with E-state index in [2.05, 4.69) is 4.74 Å². The normalized spacial score (nSPS) is 12.7. The minimum Gasteiger partial charge on any atom is -0.479 e. The van der Waals surface area contributed by atoms with E-state index < -0.39 is 18.4 Å². The summed E-state index contributed by atoms with van der Waals surface area (Å²) in [5, 5.41) is 9.76. The molecule has 170 valence electrons. The zero-order chi connectivity index (χ0) is 23.5. The summed E-state index contributed by atoms with van der Waals surface area (Å²) in [4.78, 5) is 23.4. The Morgan fingerprint density at radius 1 is 1.12 bits per heavy atom. The first kappa shape index (κ1) is 23.3. The Hall–Kier alpha value is -3.33. The number of aromatic nitrogens is 1. The lowest BCUT2D eigenvalue weighted by Gasteiger charge is -2.13. The first-order chi connectivity index (χ1) is 15.1. The molecule has 0 fully saturated rings. The average molecular weight is 449 g/mol. The molecule has 1 N–H and O–H groups in total. The van der Waals surface area contributed by atoms with E-state index >= 15 is 0 Å². The van der Waals surface area contributed by atoms with Gasteiger partial charge in [-0.2, -0.15) is 0 Å². The maximum absolute atomic E-state index is 12.6. The largest absolute Gasteiger partial charge is 0.573 e. The fraction of sp³-hybridized carbons (Fsp3) is 0.304. The van der Waals surface area contributed by atoms with Gasteiger partial charge in [0.05, 0.1) is 5.52 Å². The van der Waals surface area contributed by atoms with E-state index in [9.17, 15) is 27.9 Å². The quantitative estimate of drug-likeness (QED) is 0.533. The van der Waals surface area contributed by atoms with Crippen LogP contribution >= 0.6 is 0 Å². The predicted molar refractivity (Wildman–Crippen MR) is 111 cm³/mol. The maximum Gasteiger partial charge on any atom is 0.573 e. The number of alkyl halides is 3. The summed E-state index contributed by atoms with van der Waals surface area (Å²) in [6.45, 7) is 3.35. The molecule has 9 heteroatoms. The summed E-state index contributed by atoms with van der Waals surface area (Å²) < 4.78 is 48.6. The van der Waals surface area contributed by atoms with E-state index in [1.54, 1.807) is 25.3 Å². The van der Waals surface area contributed by atoms with Crippen LogP contribution in [0.5, 0.6) is 5.75 Å². The van der Waals surface area contributed by atoms with Gasteiger partial charge in [0, 0.05) is 31.5 Å². The van der Waals surface area contributed by atoms with E-state index in [1.165, 1.54) is 29.7 Å². The summed E-state index contributed by atoms with van der Waals surface area (Å²) >= 11 is 0. The number of fused-ring (bicyclic) bond motifs is 1. The second-order valence-electron chi connectivity index (χ2n) is 7.25. The van der Waals surface area contributed by atoms with Crippen molar-refractivity contribution in [3.05, 3.63) is 65.4 Å². The van der Waals surface area contributed by atoms with Gasteiger partial charge >= 0.3 is 12.3 Å². The Labute approximate surface area is 182 Å². The van der Waals surface area contributed by atoms with Crippen molar-refractivity contribution in [2.24, 2.45) is 0 Å². The van der Waals surface area contributed by atoms with E-state index in [0.717, 1.165) is 11.1 Å². The van der Waals surface area contributed by atoms with Crippen molar-refractivity contribution in [2.75, 3.05) is 6.61 Å². The monoisotopic (exact) mass is 449 g/mol. The van der Waals surface area contributed by atoms with Crippen LogP contribution in [0.2, 0.25) is 0 Å². The molecule has 32 heavy (non-hydrogen) atoms. The molecule has 0 amide bonds. The second kappa shape index (κ2) is 9.44. The minimum atomic E-state index is -4.83. The number of benzene rings is 2. The number of hydrogen-bond donors (Lipinski definition) is 1. The summed E-state index contributed by atoms with van der Waals surface area (Å²) in [7, 11) is 0. The number of rotatable bonds is 8. The molecule has 0 aliphatic carbocycles. The highest BCUT2D eigenvalue weighted by atomic mass is 19.4. The van der Waals surface area contributed by atoms with Crippen LogP contribution in [-0.4, -0.2) is 40.6 Å². The highest BCUT2D eigenvalue weighted by Crippen LogP contribution is 2.31. The van der Waals surface area contributed by atoms with Gasteiger partial charge in [0.1, 0.15) is 5.75 Å². The van der Waals surface area contributed by atoms with Crippen LogP contribution in [0.25, 0.3) is 10.9 Å². The Morgan fingerprint density at radius 2 is 1.84 bits per heavy atom. The smallest absolute Gasteiger partial charge is 0.479 e. The van der Waals surface area contributed by atoms with Crippen molar-refractivity contribution in [3.8, 4) is 5.75 Å². The number of hydrogen-bond acceptors (Lipinski definition) is 4. The third kappa shape index (κ3) is 5.67. The summed E-state index contributed by atoms with van der Waals surface area (Å²) in [5.74, 6) is -1.71. The number of carboxylic acid groups (broad SMARTS) is 1. The molecule has 0 aliphatic heterocycles. The molecular weight excluding hydrogens is 427 g/mol. The van der Waals surface area contributed by atoms with Crippen molar-refractivity contribution < 1.29 is 37.3 Å². The lowest BCUT2D eigenvalue weighted by Crippen LogP contribution is -2.26. The first-order valence-electron chi connectivity index (χ1n) is 9.90. The van der Waals surface area contributed by atoms with Gasteiger partial charge < -0.3 is 14.6 Å². The number of carboxylic acids is 1. The molecule has 6 nitrogen and oxygen atoms in total. The fourth-order valence-electron chi connectivity index (χ4n) is 3.60. The zero-order valence-corrected chi connectivity index (χ0v) is 17.5. The Kier molecular flexibility index (Phi) is 6.88. The molecule has 3 aromatic rings. The molecule has 0 aliphatic rings. The van der Waals surface area contributed by atoms with Crippen LogP contribution in [0.15, 0.2) is 48.7 Å². The van der Waals surface area contributed by atoms with Gasteiger partial charge in [0.2, 0.25) is 5.91 Å². The molecule has 1 atom stereocenters. The third-order valence-corrected chi connectivity index (χ3v) is 4.88. The van der Waals surface area contributed by atoms with Crippen LogP contribution in [0.4, 0.5) is 13.2 Å². The number of ether oxygens (including phenoxy) is 2. The number of carbonyl (C=O) groups is 2. The molecule has 3 rings (SSSR count). The highest BCUT2D eigenvalue weighted by molar-refractivity contribution is 5.94. The SMILES string of the molecule is CCOC(Cc1cccc(Cc2cn(C(C)=O)c3ccc(OC(F)(F)F)cc23)c1)C(=O)O. The van der Waals surface area contributed by atoms with Crippen LogP contribution < -0.4 is 4.74 Å². The van der Waals surface area contributed by atoms with Crippen molar-refractivity contribution >= 4 is 22.8 Å². The Bertz CT molecular complexity index is 1140. The molecule has 1 aromatic heterocycles. The summed E-state index contributed by atoms with van der Waals surface area (Å²) in [6, 6.07) is 11.0. The molecule has 0 saturated carbocycles. The summed E-state index contributed by atoms with van der Waals surface area (Å²) in [6.07, 6.45) is -3.71. The van der Waals surface area contributed by atoms with E-state index in [4.69, 9.17) is 4.74 Å². The molecule has 0 spiro atoms. The first-order valence-corrected chi connectivity index (χ1v) is 9.90. The minimum absolute atomic E-state index is 0.176. The molecular formula is C23H22F3NO5. The van der Waals surface area contributed by atoms with Crippen molar-refractivity contribution in [1.29, 1.82) is 0 Å². The predicted octanol–water partition coefficient (Wildman–Crippen LogP) is 4.82. The maximum atomic E-state index is 12.6. The summed E-state index contributed by atoms with van der Waals surface area (Å²) in [5.41, 5.74) is 2.67. The van der Waals surface area contributed by atoms with Crippen molar-refractivity contribution in [3.63, 3.8) is 0 Å². The topological polar surface area (TPSA) is 77.8 Å². The van der Waals surface area contributed by atoms with E-state index in [0.29, 0.717) is 22.9 Å². The van der Waals surface area contributed by atoms with Crippen LogP contribution in [0, 0.1) is 0 Å². The van der Waals surface area contributed by atoms with E-state index in [1.807, 2.05) is 12.1 Å². The third-order valence-electron chi connectivity index (χ3n) is 4.88. The molecule has 0 saturated heterocycles. The Morgan fingerprint density at radius 3 is 2.47 bits per heavy atom. The number of carbonyl (C=O) groups excluding carboxylic acids is 1. The van der Waals surface area contributed by atoms with E-state index in [-0.39, 0.29) is 24.7 Å². The molecule has 1 heterocycles. The number of nitrogens with zero attached hydrogens (tertiary/aromatic N) is 1. The standard InChI is InChI=1S/C23H22F3NO5/c1-3-31-21(22(29)30)11-16-6-4-5-15(9-16)10-17-13-27(14(2)28)20-8-7-18(12-19(17)20)32-23(24,25)26/h4-9,12-13,21H,3,10-11H2,1-2H3,(H,29,30). The van der Waals surface area contributed by atoms with Gasteiger partial charge in [0.15, 0.2) is 6.10 Å². The molecule has 1 unspecified atom stereocenters. The fourth-order valence-corrected chi connectivity index (χ4v) is 3.60. The number of aliphatic carboxylic acids is 1. The Balaban J connectivity index is 1.95. The lowest BCUT2D eigenvalue weighted by molar-refractivity contribution is -0.274. The van der Waals surface area contributed by atoms with Gasteiger partial charge in [-0.25, -0.2) is 4.79 Å². The van der Waals surface area contributed by atoms with Gasteiger partial charge in [0.25, 0.3) is 0 Å². The zero-order valence-electron chi connectivity index (χ0n) is 17.5. The average Bonchev–Trinajstić information content (AvgIpc) is 3.05. The van der Waals surface area contributed by atoms with Crippen LogP contribution in [-0.2, 0) is 22.4 Å². The molecule has 2 aromatic carbocycles. The second-order valence-corrected chi connectivity index (χ2v) is 7.25. The van der Waals surface area contributed by atoms with Gasteiger partial charge in [-0.3, -0.25) is 9.36 Å². The molecule has 0 bridgehead atoms. The van der Waals surface area contributed by atoms with Gasteiger partial charge in [-0.05, 0) is 48.2 Å². The number of halogens is 3. The van der Waals surface area contributed by atoms with Gasteiger partial charge in [-0.1, -0.05) is 24.3 Å².